The van der Waals surface area contributed by atoms with E-state index in [1.54, 1.807) is 18.0 Å². The number of pyridine rings is 1. The Morgan fingerprint density at radius 3 is 2.64 bits per heavy atom. The summed E-state index contributed by atoms with van der Waals surface area (Å²) in [6.45, 7) is 6.56. The molecular weight excluding hydrogens is 216 g/mol. The Balaban J connectivity index is 2.82. The van der Waals surface area contributed by atoms with Crippen LogP contribution in [0.5, 0.6) is 0 Å². The molecule has 0 amide bonds. The molecule has 1 heterocycles. The molecule has 2 N–H and O–H groups in total. The van der Waals surface area contributed by atoms with Crippen molar-refractivity contribution in [1.82, 2.24) is 4.98 Å². The van der Waals surface area contributed by atoms with Crippen LogP contribution in [0.25, 0.3) is 0 Å². The Morgan fingerprint density at radius 1 is 1.43 bits per heavy atom. The van der Waals surface area contributed by atoms with E-state index in [-0.39, 0.29) is 0 Å². The van der Waals surface area contributed by atoms with E-state index in [1.807, 2.05) is 6.07 Å². The molecule has 1 atom stereocenters. The fraction of sp³-hybridized carbons (Fsp3) is 0.500. The molecule has 14 heavy (non-hydrogen) atoms. The molecule has 0 aromatic carbocycles. The predicted molar refractivity (Wildman–Crippen MR) is 63.8 cm³/mol. The van der Waals surface area contributed by atoms with Gasteiger partial charge in [0, 0.05) is 16.3 Å². The highest BCUT2D eigenvalue weighted by Gasteiger charge is 2.12. The Bertz CT molecular complexity index is 315. The number of nitrogens with zero attached hydrogens (tertiary/aromatic N) is 1. The van der Waals surface area contributed by atoms with Crippen LogP contribution < -0.4 is 5.73 Å². The molecule has 1 aromatic rings. The number of rotatable bonds is 3. The summed E-state index contributed by atoms with van der Waals surface area (Å²) >= 11 is 7.77. The van der Waals surface area contributed by atoms with E-state index in [1.165, 1.54) is 0 Å². The van der Waals surface area contributed by atoms with Gasteiger partial charge in [0.15, 0.2) is 0 Å². The standard InChI is InChI=1S/C10H15ClN2S/c1-6(2)7(3)14-8-4-5-13-10(12)9(8)11/h4-7H,1-3H3,(H2,12,13). The molecule has 0 aliphatic carbocycles. The molecular formula is C10H15ClN2S. The molecule has 0 aliphatic heterocycles. The lowest BCUT2D eigenvalue weighted by Crippen LogP contribution is -2.05. The SMILES string of the molecule is CC(C)C(C)Sc1ccnc(N)c1Cl. The van der Waals surface area contributed by atoms with Crippen LogP contribution >= 0.6 is 23.4 Å². The van der Waals surface area contributed by atoms with Gasteiger partial charge in [0.25, 0.3) is 0 Å². The van der Waals surface area contributed by atoms with Crippen LogP contribution in [0.2, 0.25) is 5.02 Å². The third-order valence-electron chi connectivity index (χ3n) is 2.13. The van der Waals surface area contributed by atoms with Crippen LogP contribution in [0.15, 0.2) is 17.2 Å². The minimum atomic E-state index is 0.410. The van der Waals surface area contributed by atoms with Crippen molar-refractivity contribution in [3.63, 3.8) is 0 Å². The lowest BCUT2D eigenvalue weighted by Gasteiger charge is -2.15. The third kappa shape index (κ3) is 2.79. The molecule has 0 bridgehead atoms. The van der Waals surface area contributed by atoms with Gasteiger partial charge in [-0.3, -0.25) is 0 Å². The van der Waals surface area contributed by atoms with E-state index in [0.29, 0.717) is 22.0 Å². The average molecular weight is 231 g/mol. The van der Waals surface area contributed by atoms with E-state index in [4.69, 9.17) is 17.3 Å². The highest BCUT2D eigenvalue weighted by molar-refractivity contribution is 8.00. The monoisotopic (exact) mass is 230 g/mol. The maximum atomic E-state index is 6.03. The molecule has 0 aliphatic rings. The van der Waals surface area contributed by atoms with Crippen molar-refractivity contribution in [2.24, 2.45) is 5.92 Å². The number of halogens is 1. The number of hydrogen-bond donors (Lipinski definition) is 1. The third-order valence-corrected chi connectivity index (χ3v) is 4.15. The van der Waals surface area contributed by atoms with Crippen molar-refractivity contribution in [2.75, 3.05) is 5.73 Å². The average Bonchev–Trinajstić information content (AvgIpc) is 2.12. The fourth-order valence-corrected chi connectivity index (χ4v) is 2.13. The van der Waals surface area contributed by atoms with Crippen LogP contribution in [-0.2, 0) is 0 Å². The largest absolute Gasteiger partial charge is 0.382 e. The zero-order valence-electron chi connectivity index (χ0n) is 8.62. The van der Waals surface area contributed by atoms with E-state index < -0.39 is 0 Å². The summed E-state index contributed by atoms with van der Waals surface area (Å²) in [5, 5.41) is 1.10. The van der Waals surface area contributed by atoms with E-state index in [0.717, 1.165) is 4.90 Å². The summed E-state index contributed by atoms with van der Waals surface area (Å²) in [5.41, 5.74) is 5.62. The fourth-order valence-electron chi connectivity index (χ4n) is 0.869. The maximum absolute atomic E-state index is 6.03. The number of hydrogen-bond acceptors (Lipinski definition) is 3. The molecule has 0 radical (unpaired) electrons. The van der Waals surface area contributed by atoms with Crippen LogP contribution in [0.4, 0.5) is 5.82 Å². The second kappa shape index (κ2) is 4.89. The zero-order chi connectivity index (χ0) is 10.7. The van der Waals surface area contributed by atoms with Crippen LogP contribution in [-0.4, -0.2) is 10.2 Å². The smallest absolute Gasteiger partial charge is 0.143 e. The van der Waals surface area contributed by atoms with Gasteiger partial charge < -0.3 is 5.73 Å². The zero-order valence-corrected chi connectivity index (χ0v) is 10.2. The first-order valence-electron chi connectivity index (χ1n) is 4.59. The van der Waals surface area contributed by atoms with Crippen LogP contribution in [0.3, 0.4) is 0 Å². The normalized spacial score (nSPS) is 13.2. The van der Waals surface area contributed by atoms with Gasteiger partial charge in [0.2, 0.25) is 0 Å². The van der Waals surface area contributed by atoms with Crippen LogP contribution in [0, 0.1) is 5.92 Å². The van der Waals surface area contributed by atoms with Gasteiger partial charge in [0.05, 0.1) is 5.02 Å². The Labute approximate surface area is 94.2 Å². The molecule has 1 unspecified atom stereocenters. The molecule has 1 aromatic heterocycles. The number of anilines is 1. The summed E-state index contributed by atoms with van der Waals surface area (Å²) in [7, 11) is 0. The minimum Gasteiger partial charge on any atom is -0.382 e. The van der Waals surface area contributed by atoms with Gasteiger partial charge in [-0.2, -0.15) is 0 Å². The second-order valence-electron chi connectivity index (χ2n) is 3.58. The van der Waals surface area contributed by atoms with Crippen molar-refractivity contribution in [3.8, 4) is 0 Å². The van der Waals surface area contributed by atoms with Crippen molar-refractivity contribution >= 4 is 29.2 Å². The summed E-state index contributed by atoms with van der Waals surface area (Å²) in [6, 6.07) is 1.90. The van der Waals surface area contributed by atoms with Crippen molar-refractivity contribution in [2.45, 2.75) is 30.9 Å². The summed E-state index contributed by atoms with van der Waals surface area (Å²) in [5.74, 6) is 1.03. The number of nitrogen functional groups attached to an aromatic ring is 1. The lowest BCUT2D eigenvalue weighted by atomic mass is 10.2. The molecule has 0 saturated carbocycles. The number of thioether (sulfide) groups is 1. The van der Waals surface area contributed by atoms with Gasteiger partial charge >= 0.3 is 0 Å². The molecule has 0 saturated heterocycles. The van der Waals surface area contributed by atoms with Gasteiger partial charge in [-0.1, -0.05) is 32.4 Å². The second-order valence-corrected chi connectivity index (χ2v) is 5.37. The van der Waals surface area contributed by atoms with Gasteiger partial charge in [-0.05, 0) is 12.0 Å². The predicted octanol–water partition coefficient (Wildman–Crippen LogP) is 3.45. The van der Waals surface area contributed by atoms with Gasteiger partial charge in [-0.25, -0.2) is 4.98 Å². The van der Waals surface area contributed by atoms with Crippen molar-refractivity contribution < 1.29 is 0 Å². The first-order chi connectivity index (χ1) is 6.52. The first-order valence-corrected chi connectivity index (χ1v) is 5.84. The van der Waals surface area contributed by atoms with Gasteiger partial charge in [-0.15, -0.1) is 11.8 Å². The van der Waals surface area contributed by atoms with Crippen LogP contribution in [0.1, 0.15) is 20.8 Å². The quantitative estimate of drug-likeness (QED) is 0.809. The molecule has 4 heteroatoms. The maximum Gasteiger partial charge on any atom is 0.143 e. The van der Waals surface area contributed by atoms with Crippen molar-refractivity contribution in [1.29, 1.82) is 0 Å². The Kier molecular flexibility index (Phi) is 4.08. The summed E-state index contributed by atoms with van der Waals surface area (Å²) in [6.07, 6.45) is 1.69. The molecule has 0 fully saturated rings. The summed E-state index contributed by atoms with van der Waals surface area (Å²) < 4.78 is 0. The van der Waals surface area contributed by atoms with Crippen molar-refractivity contribution in [3.05, 3.63) is 17.3 Å². The highest BCUT2D eigenvalue weighted by atomic mass is 35.5. The number of aromatic nitrogens is 1. The lowest BCUT2D eigenvalue weighted by molar-refractivity contribution is 0.642. The summed E-state index contributed by atoms with van der Waals surface area (Å²) in [4.78, 5) is 4.94. The molecule has 1 rings (SSSR count). The highest BCUT2D eigenvalue weighted by Crippen LogP contribution is 2.34. The van der Waals surface area contributed by atoms with Gasteiger partial charge in [0.1, 0.15) is 5.82 Å². The molecule has 0 spiro atoms. The Morgan fingerprint density at radius 2 is 2.07 bits per heavy atom. The molecule has 2 nitrogen and oxygen atoms in total. The molecule has 78 valence electrons. The first kappa shape index (κ1) is 11.7. The number of nitrogens with two attached hydrogens (primary N) is 1. The van der Waals surface area contributed by atoms with E-state index >= 15 is 0 Å². The topological polar surface area (TPSA) is 38.9 Å². The van der Waals surface area contributed by atoms with E-state index in [9.17, 15) is 0 Å². The van der Waals surface area contributed by atoms with E-state index in [2.05, 4.69) is 25.8 Å². The minimum absolute atomic E-state index is 0.410. The Hall–Kier alpha value is -0.410.